The van der Waals surface area contributed by atoms with Crippen LogP contribution in [0.15, 0.2) is 24.3 Å². The highest BCUT2D eigenvalue weighted by molar-refractivity contribution is 5.50. The third kappa shape index (κ3) is 1.85. The molecule has 0 aliphatic carbocycles. The number of carbonyl (C=O) groups is 1. The molecule has 0 amide bonds. The van der Waals surface area contributed by atoms with E-state index in [1.165, 1.54) is 11.1 Å². The Labute approximate surface area is 83.9 Å². The Morgan fingerprint density at radius 1 is 1.36 bits per heavy atom. The zero-order valence-corrected chi connectivity index (χ0v) is 8.11. The van der Waals surface area contributed by atoms with Crippen molar-refractivity contribution in [2.24, 2.45) is 0 Å². The molecule has 74 valence electrons. The molecule has 1 aliphatic rings. The summed E-state index contributed by atoms with van der Waals surface area (Å²) in [6.45, 7) is 1.66. The van der Waals surface area contributed by atoms with Gasteiger partial charge in [-0.15, -0.1) is 0 Å². The van der Waals surface area contributed by atoms with Crippen molar-refractivity contribution in [2.75, 3.05) is 13.2 Å². The Morgan fingerprint density at radius 3 is 2.79 bits per heavy atom. The summed E-state index contributed by atoms with van der Waals surface area (Å²) < 4.78 is 5.18. The first-order valence-corrected chi connectivity index (χ1v) is 5.01. The quantitative estimate of drug-likeness (QED) is 0.678. The minimum absolute atomic E-state index is 0.554. The van der Waals surface area contributed by atoms with Crippen LogP contribution in [-0.2, 0) is 16.0 Å². The minimum Gasteiger partial charge on any atom is -0.380 e. The van der Waals surface area contributed by atoms with E-state index in [0.717, 1.165) is 25.9 Å². The Hall–Kier alpha value is -1.15. The predicted molar refractivity (Wildman–Crippen MR) is 54.4 cm³/mol. The molecule has 2 rings (SSSR count). The van der Waals surface area contributed by atoms with Gasteiger partial charge in [-0.05, 0) is 17.5 Å². The van der Waals surface area contributed by atoms with Crippen LogP contribution in [0.4, 0.5) is 0 Å². The maximum absolute atomic E-state index is 10.3. The lowest BCUT2D eigenvalue weighted by Gasteiger charge is -2.28. The Bertz CT molecular complexity index is 316. The van der Waals surface area contributed by atoms with Crippen molar-refractivity contribution in [3.63, 3.8) is 0 Å². The summed E-state index contributed by atoms with van der Waals surface area (Å²) in [5.74, 6) is 0.554. The van der Waals surface area contributed by atoms with Crippen LogP contribution >= 0.6 is 0 Å². The molecule has 2 nitrogen and oxygen atoms in total. The van der Waals surface area contributed by atoms with Crippen LogP contribution in [0.3, 0.4) is 0 Å². The van der Waals surface area contributed by atoms with E-state index in [1.807, 2.05) is 6.07 Å². The van der Waals surface area contributed by atoms with Crippen molar-refractivity contribution in [3.8, 4) is 0 Å². The topological polar surface area (TPSA) is 26.3 Å². The van der Waals surface area contributed by atoms with E-state index in [0.29, 0.717) is 12.3 Å². The van der Waals surface area contributed by atoms with Gasteiger partial charge in [0.15, 0.2) is 0 Å². The first-order chi connectivity index (χ1) is 6.92. The number of rotatable bonds is 4. The van der Waals surface area contributed by atoms with Gasteiger partial charge < -0.3 is 9.53 Å². The Kier molecular flexibility index (Phi) is 2.94. The second-order valence-electron chi connectivity index (χ2n) is 3.64. The Balaban J connectivity index is 2.14. The van der Waals surface area contributed by atoms with Crippen LogP contribution in [0.1, 0.15) is 23.5 Å². The monoisotopic (exact) mass is 190 g/mol. The van der Waals surface area contributed by atoms with Crippen LogP contribution in [0, 0.1) is 0 Å². The zero-order chi connectivity index (χ0) is 9.80. The molecule has 1 fully saturated rings. The fourth-order valence-corrected chi connectivity index (χ4v) is 1.79. The molecule has 1 heterocycles. The van der Waals surface area contributed by atoms with Gasteiger partial charge in [0, 0.05) is 12.3 Å². The smallest absolute Gasteiger partial charge is 0.120 e. The summed E-state index contributed by atoms with van der Waals surface area (Å²) in [4.78, 5) is 10.3. The predicted octanol–water partition coefficient (Wildman–Crippen LogP) is 1.93. The number of benzene rings is 1. The lowest BCUT2D eigenvalue weighted by molar-refractivity contribution is -0.107. The highest BCUT2D eigenvalue weighted by Crippen LogP contribution is 2.27. The first-order valence-electron chi connectivity index (χ1n) is 5.01. The van der Waals surface area contributed by atoms with Gasteiger partial charge in [-0.3, -0.25) is 0 Å². The number of hydrogen-bond acceptors (Lipinski definition) is 2. The summed E-state index contributed by atoms with van der Waals surface area (Å²) in [7, 11) is 0. The normalized spacial score (nSPS) is 16.3. The third-order valence-electron chi connectivity index (χ3n) is 2.66. The number of aldehydes is 1. The molecule has 0 saturated carbocycles. The Morgan fingerprint density at radius 2 is 2.14 bits per heavy atom. The van der Waals surface area contributed by atoms with Crippen LogP contribution in [0.2, 0.25) is 0 Å². The SMILES string of the molecule is O=CCCc1ccccc1C1COC1. The van der Waals surface area contributed by atoms with E-state index >= 15 is 0 Å². The van der Waals surface area contributed by atoms with Gasteiger partial charge in [-0.25, -0.2) is 0 Å². The summed E-state index contributed by atoms with van der Waals surface area (Å²) in [5, 5.41) is 0. The standard InChI is InChI=1S/C12H14O2/c13-7-3-5-10-4-1-2-6-12(10)11-8-14-9-11/h1-2,4,6-7,11H,3,5,8-9H2. The lowest BCUT2D eigenvalue weighted by atomic mass is 9.91. The highest BCUT2D eigenvalue weighted by Gasteiger charge is 2.22. The average molecular weight is 190 g/mol. The maximum atomic E-state index is 10.3. The van der Waals surface area contributed by atoms with Crippen molar-refractivity contribution in [2.45, 2.75) is 18.8 Å². The molecule has 14 heavy (non-hydrogen) atoms. The molecule has 1 aliphatic heterocycles. The van der Waals surface area contributed by atoms with Crippen LogP contribution in [0.5, 0.6) is 0 Å². The van der Waals surface area contributed by atoms with Crippen molar-refractivity contribution in [3.05, 3.63) is 35.4 Å². The molecule has 0 aromatic heterocycles. The van der Waals surface area contributed by atoms with Crippen LogP contribution < -0.4 is 0 Å². The molecular formula is C12H14O2. The van der Waals surface area contributed by atoms with E-state index in [1.54, 1.807) is 0 Å². The zero-order valence-electron chi connectivity index (χ0n) is 8.11. The summed E-state index contributed by atoms with van der Waals surface area (Å²) in [5.41, 5.74) is 2.66. The molecule has 1 aromatic rings. The fraction of sp³-hybridized carbons (Fsp3) is 0.417. The fourth-order valence-electron chi connectivity index (χ4n) is 1.79. The number of carbonyl (C=O) groups excluding carboxylic acids is 1. The molecule has 0 atom stereocenters. The lowest BCUT2D eigenvalue weighted by Crippen LogP contribution is -2.26. The molecule has 0 bridgehead atoms. The second-order valence-corrected chi connectivity index (χ2v) is 3.64. The molecule has 0 spiro atoms. The van der Waals surface area contributed by atoms with E-state index in [-0.39, 0.29) is 0 Å². The number of hydrogen-bond donors (Lipinski definition) is 0. The summed E-state index contributed by atoms with van der Waals surface area (Å²) in [6.07, 6.45) is 2.45. The van der Waals surface area contributed by atoms with E-state index in [9.17, 15) is 4.79 Å². The molecule has 1 aromatic carbocycles. The van der Waals surface area contributed by atoms with Gasteiger partial charge in [-0.2, -0.15) is 0 Å². The van der Waals surface area contributed by atoms with Gasteiger partial charge >= 0.3 is 0 Å². The second kappa shape index (κ2) is 4.38. The van der Waals surface area contributed by atoms with Gasteiger partial charge in [0.1, 0.15) is 6.29 Å². The van der Waals surface area contributed by atoms with Gasteiger partial charge in [-0.1, -0.05) is 24.3 Å². The largest absolute Gasteiger partial charge is 0.380 e. The van der Waals surface area contributed by atoms with E-state index in [4.69, 9.17) is 4.74 Å². The molecule has 0 radical (unpaired) electrons. The van der Waals surface area contributed by atoms with Crippen molar-refractivity contribution >= 4 is 6.29 Å². The van der Waals surface area contributed by atoms with Gasteiger partial charge in [0.05, 0.1) is 13.2 Å². The van der Waals surface area contributed by atoms with E-state index < -0.39 is 0 Å². The molecule has 0 unspecified atom stereocenters. The maximum Gasteiger partial charge on any atom is 0.120 e. The van der Waals surface area contributed by atoms with E-state index in [2.05, 4.69) is 18.2 Å². The van der Waals surface area contributed by atoms with Crippen molar-refractivity contribution < 1.29 is 9.53 Å². The first kappa shape index (κ1) is 9.41. The molecule has 0 N–H and O–H groups in total. The average Bonchev–Trinajstić information content (AvgIpc) is 2.14. The third-order valence-corrected chi connectivity index (χ3v) is 2.66. The van der Waals surface area contributed by atoms with Crippen molar-refractivity contribution in [1.29, 1.82) is 0 Å². The van der Waals surface area contributed by atoms with Gasteiger partial charge in [0.25, 0.3) is 0 Å². The highest BCUT2D eigenvalue weighted by atomic mass is 16.5. The van der Waals surface area contributed by atoms with Crippen molar-refractivity contribution in [1.82, 2.24) is 0 Å². The molecule has 1 saturated heterocycles. The number of aryl methyl sites for hydroxylation is 1. The number of ether oxygens (including phenoxy) is 1. The minimum atomic E-state index is 0.554. The molecule has 2 heteroatoms. The molecular weight excluding hydrogens is 176 g/mol. The summed E-state index contributed by atoms with van der Waals surface area (Å²) in [6, 6.07) is 8.34. The summed E-state index contributed by atoms with van der Waals surface area (Å²) >= 11 is 0. The van der Waals surface area contributed by atoms with Crippen LogP contribution in [0.25, 0.3) is 0 Å². The van der Waals surface area contributed by atoms with Gasteiger partial charge in [0.2, 0.25) is 0 Å². The van der Waals surface area contributed by atoms with Crippen LogP contribution in [-0.4, -0.2) is 19.5 Å².